The monoisotopic (exact) mass is 277 g/mol. The van der Waals surface area contributed by atoms with E-state index in [4.69, 9.17) is 5.11 Å². The zero-order valence-electron chi connectivity index (χ0n) is 10.4. The first-order valence-electron chi connectivity index (χ1n) is 5.61. The highest BCUT2D eigenvalue weighted by molar-refractivity contribution is 7.91. The third kappa shape index (κ3) is 3.28. The number of hydrogen-bond donors (Lipinski definition) is 1. The van der Waals surface area contributed by atoms with E-state index >= 15 is 0 Å². The number of hydrogen-bond acceptors (Lipinski definition) is 4. The molecule has 0 amide bonds. The van der Waals surface area contributed by atoms with Crippen molar-refractivity contribution >= 4 is 21.4 Å². The average molecular weight is 277 g/mol. The predicted molar refractivity (Wildman–Crippen MR) is 69.6 cm³/mol. The molecule has 0 aliphatic heterocycles. The minimum absolute atomic E-state index is 0.00956. The van der Waals surface area contributed by atoms with Crippen LogP contribution in [0.4, 0.5) is 0 Å². The molecular formula is C11H19NO3S2. The molecule has 1 unspecified atom stereocenters. The Morgan fingerprint density at radius 3 is 2.59 bits per heavy atom. The second-order valence-corrected chi connectivity index (χ2v) is 7.43. The Morgan fingerprint density at radius 1 is 1.47 bits per heavy atom. The Balaban J connectivity index is 2.94. The Labute approximate surface area is 107 Å². The Hall–Kier alpha value is -0.430. The van der Waals surface area contributed by atoms with Gasteiger partial charge in [-0.3, -0.25) is 0 Å². The van der Waals surface area contributed by atoms with Crippen molar-refractivity contribution < 1.29 is 13.5 Å². The summed E-state index contributed by atoms with van der Waals surface area (Å²) in [5.74, 6) is 0. The zero-order valence-corrected chi connectivity index (χ0v) is 12.0. The maximum atomic E-state index is 12.2. The van der Waals surface area contributed by atoms with Gasteiger partial charge >= 0.3 is 0 Å². The van der Waals surface area contributed by atoms with Crippen molar-refractivity contribution in [2.75, 3.05) is 7.05 Å². The first kappa shape index (κ1) is 14.6. The Bertz CT molecular complexity index is 453. The van der Waals surface area contributed by atoms with Crippen molar-refractivity contribution in [2.45, 2.75) is 43.5 Å². The first-order chi connectivity index (χ1) is 7.93. The van der Waals surface area contributed by atoms with Gasteiger partial charge in [0.15, 0.2) is 0 Å². The van der Waals surface area contributed by atoms with Gasteiger partial charge in [-0.25, -0.2) is 8.42 Å². The van der Waals surface area contributed by atoms with Crippen LogP contribution >= 0.6 is 11.3 Å². The fourth-order valence-electron chi connectivity index (χ4n) is 1.56. The molecule has 1 N–H and O–H groups in total. The van der Waals surface area contributed by atoms with Crippen LogP contribution in [0.1, 0.15) is 31.6 Å². The minimum Gasteiger partial charge on any atom is -0.391 e. The van der Waals surface area contributed by atoms with Crippen LogP contribution in [0.15, 0.2) is 16.3 Å². The van der Waals surface area contributed by atoms with Crippen LogP contribution in [0.25, 0.3) is 0 Å². The van der Waals surface area contributed by atoms with Crippen molar-refractivity contribution in [1.29, 1.82) is 0 Å². The van der Waals surface area contributed by atoms with E-state index in [-0.39, 0.29) is 12.6 Å². The highest BCUT2D eigenvalue weighted by atomic mass is 32.2. The van der Waals surface area contributed by atoms with Crippen LogP contribution in [0.2, 0.25) is 0 Å². The molecule has 17 heavy (non-hydrogen) atoms. The summed E-state index contributed by atoms with van der Waals surface area (Å²) < 4.78 is 26.2. The maximum Gasteiger partial charge on any atom is 0.252 e. The van der Waals surface area contributed by atoms with E-state index in [2.05, 4.69) is 0 Å². The molecule has 4 nitrogen and oxygen atoms in total. The third-order valence-electron chi connectivity index (χ3n) is 2.75. The average Bonchev–Trinajstić information content (AvgIpc) is 2.77. The van der Waals surface area contributed by atoms with Crippen molar-refractivity contribution in [3.8, 4) is 0 Å². The topological polar surface area (TPSA) is 57.6 Å². The molecule has 1 heterocycles. The summed E-state index contributed by atoms with van der Waals surface area (Å²) in [7, 11) is -1.80. The van der Waals surface area contributed by atoms with E-state index < -0.39 is 10.0 Å². The normalized spacial score (nSPS) is 14.2. The van der Waals surface area contributed by atoms with Gasteiger partial charge in [0.1, 0.15) is 4.21 Å². The van der Waals surface area contributed by atoms with Crippen molar-refractivity contribution in [3.63, 3.8) is 0 Å². The number of aliphatic hydroxyl groups is 1. The summed E-state index contributed by atoms with van der Waals surface area (Å²) in [4.78, 5) is 0.667. The van der Waals surface area contributed by atoms with E-state index in [1.165, 1.54) is 4.31 Å². The molecular weight excluding hydrogens is 258 g/mol. The molecule has 1 rings (SSSR count). The lowest BCUT2D eigenvalue weighted by atomic mass is 10.2. The lowest BCUT2D eigenvalue weighted by molar-refractivity contribution is 0.285. The molecule has 1 atom stereocenters. The van der Waals surface area contributed by atoms with Gasteiger partial charge < -0.3 is 5.11 Å². The fourth-order valence-corrected chi connectivity index (χ4v) is 4.35. The summed E-state index contributed by atoms with van der Waals surface area (Å²) >= 11 is 1.12. The van der Waals surface area contributed by atoms with E-state index in [9.17, 15) is 8.42 Å². The van der Waals surface area contributed by atoms with E-state index in [1.54, 1.807) is 19.2 Å². The van der Waals surface area contributed by atoms with Gasteiger partial charge in [0.05, 0.1) is 6.61 Å². The van der Waals surface area contributed by atoms with E-state index in [0.717, 1.165) is 24.2 Å². The molecule has 98 valence electrons. The van der Waals surface area contributed by atoms with E-state index in [1.807, 2.05) is 13.8 Å². The van der Waals surface area contributed by atoms with Gasteiger partial charge in [-0.15, -0.1) is 11.3 Å². The molecule has 1 aromatic heterocycles. The number of nitrogens with zero attached hydrogens (tertiary/aromatic N) is 1. The first-order valence-corrected chi connectivity index (χ1v) is 7.86. The minimum atomic E-state index is -3.41. The number of aliphatic hydroxyl groups excluding tert-OH is 1. The van der Waals surface area contributed by atoms with Crippen LogP contribution in [0.5, 0.6) is 0 Å². The molecule has 0 aliphatic carbocycles. The fraction of sp³-hybridized carbons (Fsp3) is 0.636. The van der Waals surface area contributed by atoms with Crippen LogP contribution < -0.4 is 0 Å². The Kier molecular flexibility index (Phi) is 5.12. The SMILES string of the molecule is CCCC(C)N(C)S(=O)(=O)c1ccc(CO)s1. The molecule has 0 aliphatic rings. The quantitative estimate of drug-likeness (QED) is 0.866. The van der Waals surface area contributed by atoms with Crippen LogP contribution in [0, 0.1) is 0 Å². The van der Waals surface area contributed by atoms with Crippen LogP contribution in [-0.4, -0.2) is 30.9 Å². The molecule has 1 aromatic rings. The van der Waals surface area contributed by atoms with E-state index in [0.29, 0.717) is 9.09 Å². The summed E-state index contributed by atoms with van der Waals surface area (Å²) in [6, 6.07) is 3.20. The highest BCUT2D eigenvalue weighted by Gasteiger charge is 2.26. The zero-order chi connectivity index (χ0) is 13.1. The lowest BCUT2D eigenvalue weighted by Gasteiger charge is -2.23. The maximum absolute atomic E-state index is 12.2. The summed E-state index contributed by atoms with van der Waals surface area (Å²) in [6.45, 7) is 3.82. The van der Waals surface area contributed by atoms with Crippen molar-refractivity contribution in [3.05, 3.63) is 17.0 Å². The van der Waals surface area contributed by atoms with Gasteiger partial charge in [-0.2, -0.15) is 4.31 Å². The molecule has 0 bridgehead atoms. The smallest absolute Gasteiger partial charge is 0.252 e. The standard InChI is InChI=1S/C11H19NO3S2/c1-4-5-9(2)12(3)17(14,15)11-7-6-10(8-13)16-11/h6-7,9,13H,4-5,8H2,1-3H3. The molecule has 0 saturated heterocycles. The third-order valence-corrected chi connectivity index (χ3v) is 6.26. The molecule has 0 radical (unpaired) electrons. The van der Waals surface area contributed by atoms with Crippen molar-refractivity contribution in [2.24, 2.45) is 0 Å². The molecule has 0 aromatic carbocycles. The molecule has 0 fully saturated rings. The highest BCUT2D eigenvalue weighted by Crippen LogP contribution is 2.26. The van der Waals surface area contributed by atoms with Gasteiger partial charge in [0.25, 0.3) is 10.0 Å². The van der Waals surface area contributed by atoms with Gasteiger partial charge in [0.2, 0.25) is 0 Å². The summed E-state index contributed by atoms with van der Waals surface area (Å²) in [5.41, 5.74) is 0. The molecule has 6 heteroatoms. The van der Waals surface area contributed by atoms with Gasteiger partial charge in [-0.1, -0.05) is 13.3 Å². The number of sulfonamides is 1. The second-order valence-electron chi connectivity index (χ2n) is 4.04. The summed E-state index contributed by atoms with van der Waals surface area (Å²) in [6.07, 6.45) is 1.79. The summed E-state index contributed by atoms with van der Waals surface area (Å²) in [5, 5.41) is 8.95. The van der Waals surface area contributed by atoms with Crippen LogP contribution in [0.3, 0.4) is 0 Å². The molecule has 0 spiro atoms. The second kappa shape index (κ2) is 5.95. The molecule has 0 saturated carbocycles. The van der Waals surface area contributed by atoms with Crippen LogP contribution in [-0.2, 0) is 16.6 Å². The van der Waals surface area contributed by atoms with Gasteiger partial charge in [0, 0.05) is 18.0 Å². The Morgan fingerprint density at radius 2 is 2.12 bits per heavy atom. The largest absolute Gasteiger partial charge is 0.391 e. The van der Waals surface area contributed by atoms with Crippen molar-refractivity contribution in [1.82, 2.24) is 4.31 Å². The predicted octanol–water partition coefficient (Wildman–Crippen LogP) is 2.05. The number of thiophene rings is 1. The lowest BCUT2D eigenvalue weighted by Crippen LogP contribution is -2.34. The number of rotatable bonds is 6. The van der Waals surface area contributed by atoms with Gasteiger partial charge in [-0.05, 0) is 25.5 Å².